The molecule has 0 spiro atoms. The Morgan fingerprint density at radius 1 is 0.875 bits per heavy atom. The van der Waals surface area contributed by atoms with Crippen molar-refractivity contribution in [3.63, 3.8) is 0 Å². The second kappa shape index (κ2) is 7.61. The Labute approximate surface area is 150 Å². The van der Waals surface area contributed by atoms with Gasteiger partial charge in [0.2, 0.25) is 0 Å². The van der Waals surface area contributed by atoms with E-state index in [0.717, 1.165) is 18.0 Å². The molecule has 3 heterocycles. The number of piperidine rings is 1. The quantitative estimate of drug-likeness (QED) is 0.780. The third kappa shape index (κ3) is 4.51. The molecular weight excluding hydrogens is 296 g/mol. The third-order valence-electron chi connectivity index (χ3n) is 6.61. The van der Waals surface area contributed by atoms with Crippen LogP contribution in [0.3, 0.4) is 0 Å². The van der Waals surface area contributed by atoms with Crippen molar-refractivity contribution in [1.29, 1.82) is 0 Å². The van der Waals surface area contributed by atoms with E-state index in [2.05, 4.69) is 54.2 Å². The van der Waals surface area contributed by atoms with E-state index < -0.39 is 0 Å². The lowest BCUT2D eigenvalue weighted by molar-refractivity contribution is -0.0223. The molecule has 0 aromatic carbocycles. The van der Waals surface area contributed by atoms with Gasteiger partial charge in [-0.2, -0.15) is 0 Å². The van der Waals surface area contributed by atoms with Gasteiger partial charge in [-0.05, 0) is 66.5 Å². The van der Waals surface area contributed by atoms with Gasteiger partial charge in [-0.15, -0.1) is 0 Å². The average Bonchev–Trinajstić information content (AvgIpc) is 2.50. The van der Waals surface area contributed by atoms with Crippen molar-refractivity contribution >= 4 is 0 Å². The molecule has 3 fully saturated rings. The second-order valence-electron chi connectivity index (χ2n) is 9.64. The lowest BCUT2D eigenvalue weighted by atomic mass is 9.93. The van der Waals surface area contributed by atoms with E-state index in [0.29, 0.717) is 5.54 Å². The van der Waals surface area contributed by atoms with Gasteiger partial charge in [0.25, 0.3) is 0 Å². The Kier molecular flexibility index (Phi) is 5.90. The van der Waals surface area contributed by atoms with Crippen LogP contribution in [0.25, 0.3) is 0 Å². The first kappa shape index (κ1) is 18.6. The van der Waals surface area contributed by atoms with Crippen LogP contribution in [0.4, 0.5) is 0 Å². The standard InChI is InChI=1S/C20H40N4/c1-17(2)22-8-6-18(7-9-22)14-21-15-19(16-21)23-10-12-24(13-11-23)20(3,4)5/h17-19H,6-16H2,1-5H3. The molecule has 140 valence electrons. The van der Waals surface area contributed by atoms with E-state index in [1.807, 2.05) is 0 Å². The maximum absolute atomic E-state index is 2.75. The molecule has 3 aliphatic heterocycles. The molecule has 3 aliphatic rings. The van der Waals surface area contributed by atoms with E-state index in [9.17, 15) is 0 Å². The topological polar surface area (TPSA) is 13.0 Å². The zero-order valence-electron chi connectivity index (χ0n) is 16.8. The van der Waals surface area contributed by atoms with Crippen molar-refractivity contribution in [2.24, 2.45) is 5.92 Å². The van der Waals surface area contributed by atoms with Crippen LogP contribution in [-0.4, -0.2) is 96.1 Å². The van der Waals surface area contributed by atoms with E-state index in [1.54, 1.807) is 0 Å². The summed E-state index contributed by atoms with van der Waals surface area (Å²) < 4.78 is 0. The molecular formula is C20H40N4. The molecule has 0 aromatic heterocycles. The van der Waals surface area contributed by atoms with E-state index in [4.69, 9.17) is 0 Å². The highest BCUT2D eigenvalue weighted by atomic mass is 15.4. The van der Waals surface area contributed by atoms with Crippen molar-refractivity contribution in [1.82, 2.24) is 19.6 Å². The van der Waals surface area contributed by atoms with Crippen molar-refractivity contribution in [2.75, 3.05) is 58.9 Å². The lowest BCUT2D eigenvalue weighted by Crippen LogP contribution is -2.64. The summed E-state index contributed by atoms with van der Waals surface area (Å²) in [6.45, 7) is 23.3. The normalized spacial score (nSPS) is 27.8. The van der Waals surface area contributed by atoms with Gasteiger partial charge >= 0.3 is 0 Å². The van der Waals surface area contributed by atoms with Crippen LogP contribution in [0.15, 0.2) is 0 Å². The molecule has 24 heavy (non-hydrogen) atoms. The first-order valence-corrected chi connectivity index (χ1v) is 10.3. The highest BCUT2D eigenvalue weighted by Gasteiger charge is 2.36. The Hall–Kier alpha value is -0.160. The molecule has 0 bridgehead atoms. The molecule has 4 nitrogen and oxygen atoms in total. The van der Waals surface area contributed by atoms with E-state index in [1.165, 1.54) is 71.7 Å². The minimum Gasteiger partial charge on any atom is -0.301 e. The SMILES string of the molecule is CC(C)N1CCC(CN2CC(N3CCN(C(C)(C)C)CC3)C2)CC1. The summed E-state index contributed by atoms with van der Waals surface area (Å²) in [6, 6.07) is 1.56. The molecule has 0 N–H and O–H groups in total. The summed E-state index contributed by atoms with van der Waals surface area (Å²) in [6.07, 6.45) is 2.81. The number of likely N-dealkylation sites (tertiary alicyclic amines) is 2. The van der Waals surface area contributed by atoms with Gasteiger partial charge < -0.3 is 4.90 Å². The zero-order chi connectivity index (χ0) is 17.3. The molecule has 0 atom stereocenters. The first-order chi connectivity index (χ1) is 11.3. The minimum atomic E-state index is 0.336. The van der Waals surface area contributed by atoms with Crippen molar-refractivity contribution in [3.05, 3.63) is 0 Å². The molecule has 0 aliphatic carbocycles. The molecule has 4 heteroatoms. The van der Waals surface area contributed by atoms with Crippen molar-refractivity contribution in [3.8, 4) is 0 Å². The number of hydrogen-bond donors (Lipinski definition) is 0. The fraction of sp³-hybridized carbons (Fsp3) is 1.00. The molecule has 0 unspecified atom stereocenters. The van der Waals surface area contributed by atoms with Gasteiger partial charge in [0, 0.05) is 63.4 Å². The summed E-state index contributed by atoms with van der Waals surface area (Å²) in [4.78, 5) is 10.8. The summed E-state index contributed by atoms with van der Waals surface area (Å²) in [5.74, 6) is 0.943. The van der Waals surface area contributed by atoms with Crippen LogP contribution >= 0.6 is 0 Å². The summed E-state index contributed by atoms with van der Waals surface area (Å²) >= 11 is 0. The van der Waals surface area contributed by atoms with Gasteiger partial charge in [0.15, 0.2) is 0 Å². The van der Waals surface area contributed by atoms with Crippen LogP contribution in [0.1, 0.15) is 47.5 Å². The van der Waals surface area contributed by atoms with Crippen LogP contribution < -0.4 is 0 Å². The Balaban J connectivity index is 1.32. The van der Waals surface area contributed by atoms with E-state index in [-0.39, 0.29) is 0 Å². The number of hydrogen-bond acceptors (Lipinski definition) is 4. The molecule has 3 saturated heterocycles. The molecule has 0 amide bonds. The van der Waals surface area contributed by atoms with Gasteiger partial charge in [-0.25, -0.2) is 0 Å². The zero-order valence-corrected chi connectivity index (χ0v) is 16.8. The summed E-state index contributed by atoms with van der Waals surface area (Å²) in [5.41, 5.74) is 0.336. The number of rotatable bonds is 4. The molecule has 0 aromatic rings. The molecule has 0 saturated carbocycles. The third-order valence-corrected chi connectivity index (χ3v) is 6.61. The highest BCUT2D eigenvalue weighted by Crippen LogP contribution is 2.25. The van der Waals surface area contributed by atoms with Crippen LogP contribution in [0, 0.1) is 5.92 Å². The van der Waals surface area contributed by atoms with Crippen LogP contribution in [0.2, 0.25) is 0 Å². The fourth-order valence-corrected chi connectivity index (χ4v) is 4.70. The Bertz CT molecular complexity index is 381. The Morgan fingerprint density at radius 3 is 1.96 bits per heavy atom. The number of piperazine rings is 1. The van der Waals surface area contributed by atoms with E-state index >= 15 is 0 Å². The average molecular weight is 337 g/mol. The fourth-order valence-electron chi connectivity index (χ4n) is 4.70. The Morgan fingerprint density at radius 2 is 1.46 bits per heavy atom. The smallest absolute Gasteiger partial charge is 0.0351 e. The summed E-state index contributed by atoms with van der Waals surface area (Å²) in [5, 5.41) is 0. The largest absolute Gasteiger partial charge is 0.301 e. The van der Waals surface area contributed by atoms with Gasteiger partial charge in [-0.1, -0.05) is 0 Å². The summed E-state index contributed by atoms with van der Waals surface area (Å²) in [7, 11) is 0. The molecule has 0 radical (unpaired) electrons. The van der Waals surface area contributed by atoms with Crippen LogP contribution in [-0.2, 0) is 0 Å². The number of nitrogens with zero attached hydrogens (tertiary/aromatic N) is 4. The second-order valence-corrected chi connectivity index (χ2v) is 9.64. The lowest BCUT2D eigenvalue weighted by Gasteiger charge is -2.51. The molecule has 3 rings (SSSR count). The maximum Gasteiger partial charge on any atom is 0.0351 e. The highest BCUT2D eigenvalue weighted by molar-refractivity contribution is 4.93. The predicted molar refractivity (Wildman–Crippen MR) is 103 cm³/mol. The maximum atomic E-state index is 2.75. The monoisotopic (exact) mass is 336 g/mol. The van der Waals surface area contributed by atoms with Crippen LogP contribution in [0.5, 0.6) is 0 Å². The minimum absolute atomic E-state index is 0.336. The first-order valence-electron chi connectivity index (χ1n) is 10.3. The van der Waals surface area contributed by atoms with Gasteiger partial charge in [0.1, 0.15) is 0 Å². The van der Waals surface area contributed by atoms with Gasteiger partial charge in [-0.3, -0.25) is 14.7 Å². The predicted octanol–water partition coefficient (Wildman–Crippen LogP) is 2.21. The van der Waals surface area contributed by atoms with Gasteiger partial charge in [0.05, 0.1) is 0 Å². The van der Waals surface area contributed by atoms with Crippen molar-refractivity contribution < 1.29 is 0 Å². The van der Waals surface area contributed by atoms with Crippen molar-refractivity contribution in [2.45, 2.75) is 65.1 Å².